The van der Waals surface area contributed by atoms with Crippen LogP contribution in [0, 0.1) is 19.7 Å². The van der Waals surface area contributed by atoms with Crippen molar-refractivity contribution in [1.82, 2.24) is 0 Å². The van der Waals surface area contributed by atoms with E-state index in [1.54, 1.807) is 6.07 Å². The molecule has 0 saturated carbocycles. The van der Waals surface area contributed by atoms with Crippen molar-refractivity contribution in [2.45, 2.75) is 26.9 Å². The Hall–Kier alpha value is -1.87. The van der Waals surface area contributed by atoms with Gasteiger partial charge < -0.3 is 10.5 Å². The molecule has 0 aliphatic rings. The van der Waals surface area contributed by atoms with Crippen LogP contribution < -0.4 is 10.5 Å². The quantitative estimate of drug-likeness (QED) is 0.904. The summed E-state index contributed by atoms with van der Waals surface area (Å²) in [5, 5.41) is 0. The smallest absolute Gasteiger partial charge is 0.165 e. The molecule has 2 N–H and O–H groups in total. The highest BCUT2D eigenvalue weighted by atomic mass is 19.1. The highest BCUT2D eigenvalue weighted by Crippen LogP contribution is 2.24. The number of benzene rings is 2. The lowest BCUT2D eigenvalue weighted by Crippen LogP contribution is -2.07. The van der Waals surface area contributed by atoms with Crippen molar-refractivity contribution in [2.75, 3.05) is 6.54 Å². The summed E-state index contributed by atoms with van der Waals surface area (Å²) in [4.78, 5) is 0. The van der Waals surface area contributed by atoms with Gasteiger partial charge in [0.2, 0.25) is 0 Å². The van der Waals surface area contributed by atoms with Crippen LogP contribution in [0.3, 0.4) is 0 Å². The summed E-state index contributed by atoms with van der Waals surface area (Å²) in [7, 11) is 0. The fourth-order valence-electron chi connectivity index (χ4n) is 2.38. The van der Waals surface area contributed by atoms with Crippen molar-refractivity contribution < 1.29 is 9.13 Å². The topological polar surface area (TPSA) is 35.2 Å². The van der Waals surface area contributed by atoms with Gasteiger partial charge in [0.05, 0.1) is 0 Å². The predicted octanol–water partition coefficient (Wildman–Crippen LogP) is 3.52. The van der Waals surface area contributed by atoms with E-state index in [1.807, 2.05) is 19.9 Å². The summed E-state index contributed by atoms with van der Waals surface area (Å²) in [5.74, 6) is -0.0163. The second-order valence-electron chi connectivity index (χ2n) is 5.05. The van der Waals surface area contributed by atoms with Crippen LogP contribution in [0.15, 0.2) is 36.4 Å². The summed E-state index contributed by atoms with van der Waals surface area (Å²) in [6, 6.07) is 11.2. The van der Waals surface area contributed by atoms with Crippen LogP contribution >= 0.6 is 0 Å². The van der Waals surface area contributed by atoms with Crippen molar-refractivity contribution in [1.29, 1.82) is 0 Å². The Morgan fingerprint density at radius 1 is 1.10 bits per heavy atom. The molecule has 2 nitrogen and oxygen atoms in total. The van der Waals surface area contributed by atoms with Gasteiger partial charge in [0.1, 0.15) is 6.61 Å². The van der Waals surface area contributed by atoms with Crippen molar-refractivity contribution in [3.8, 4) is 5.75 Å². The molecule has 0 spiro atoms. The molecule has 0 radical (unpaired) electrons. The number of halogens is 1. The molecule has 0 amide bonds. The molecule has 0 fully saturated rings. The predicted molar refractivity (Wildman–Crippen MR) is 79.4 cm³/mol. The number of aryl methyl sites for hydroxylation is 2. The molecular weight excluding hydrogens is 253 g/mol. The number of rotatable bonds is 5. The zero-order valence-corrected chi connectivity index (χ0v) is 11.9. The largest absolute Gasteiger partial charge is 0.486 e. The molecule has 2 aromatic carbocycles. The third-order valence-electron chi connectivity index (χ3n) is 3.13. The van der Waals surface area contributed by atoms with Gasteiger partial charge >= 0.3 is 0 Å². The van der Waals surface area contributed by atoms with Crippen LogP contribution in [0.1, 0.15) is 22.3 Å². The first-order chi connectivity index (χ1) is 9.60. The fraction of sp³-hybridized carbons (Fsp3) is 0.294. The number of ether oxygens (including phenoxy) is 1. The second-order valence-corrected chi connectivity index (χ2v) is 5.05. The van der Waals surface area contributed by atoms with Crippen LogP contribution in [-0.2, 0) is 13.0 Å². The lowest BCUT2D eigenvalue weighted by atomic mass is 10.1. The van der Waals surface area contributed by atoms with Gasteiger partial charge in [-0.3, -0.25) is 0 Å². The van der Waals surface area contributed by atoms with Gasteiger partial charge in [-0.05, 0) is 44.0 Å². The molecule has 0 bridgehead atoms. The molecule has 0 unspecified atom stereocenters. The maximum atomic E-state index is 13.9. The van der Waals surface area contributed by atoms with Gasteiger partial charge in [0.15, 0.2) is 11.6 Å². The summed E-state index contributed by atoms with van der Waals surface area (Å²) >= 11 is 0. The van der Waals surface area contributed by atoms with E-state index in [4.69, 9.17) is 10.5 Å². The molecule has 106 valence electrons. The van der Waals surface area contributed by atoms with Gasteiger partial charge in [0, 0.05) is 0 Å². The Labute approximate surface area is 119 Å². The van der Waals surface area contributed by atoms with Crippen LogP contribution in [0.25, 0.3) is 0 Å². The van der Waals surface area contributed by atoms with Gasteiger partial charge in [-0.15, -0.1) is 0 Å². The molecule has 0 aliphatic heterocycles. The first-order valence-corrected chi connectivity index (χ1v) is 6.77. The number of hydrogen-bond acceptors (Lipinski definition) is 2. The van der Waals surface area contributed by atoms with Gasteiger partial charge in [-0.2, -0.15) is 0 Å². The number of nitrogens with two attached hydrogens (primary N) is 1. The van der Waals surface area contributed by atoms with E-state index in [1.165, 1.54) is 17.2 Å². The summed E-state index contributed by atoms with van der Waals surface area (Å²) in [6.07, 6.45) is 0.611. The van der Waals surface area contributed by atoms with Crippen molar-refractivity contribution in [2.24, 2.45) is 5.73 Å². The minimum Gasteiger partial charge on any atom is -0.486 e. The summed E-state index contributed by atoms with van der Waals surface area (Å²) < 4.78 is 19.6. The maximum Gasteiger partial charge on any atom is 0.165 e. The number of para-hydroxylation sites is 1. The molecule has 0 saturated heterocycles. The minimum absolute atomic E-state index is 0.317. The Bertz CT molecular complexity index is 575. The van der Waals surface area contributed by atoms with E-state index in [-0.39, 0.29) is 5.82 Å². The molecule has 2 aromatic rings. The molecule has 3 heteroatoms. The van der Waals surface area contributed by atoms with E-state index in [2.05, 4.69) is 18.2 Å². The fourth-order valence-corrected chi connectivity index (χ4v) is 2.38. The van der Waals surface area contributed by atoms with E-state index in [0.717, 1.165) is 11.1 Å². The lowest BCUT2D eigenvalue weighted by molar-refractivity contribution is 0.287. The summed E-state index contributed by atoms with van der Waals surface area (Å²) in [5.41, 5.74) is 9.77. The maximum absolute atomic E-state index is 13.9. The Kier molecular flexibility index (Phi) is 4.74. The monoisotopic (exact) mass is 273 g/mol. The normalized spacial score (nSPS) is 10.6. The van der Waals surface area contributed by atoms with Crippen LogP contribution in [0.5, 0.6) is 5.75 Å². The zero-order valence-electron chi connectivity index (χ0n) is 11.9. The minimum atomic E-state index is -0.333. The van der Waals surface area contributed by atoms with Gasteiger partial charge in [0.25, 0.3) is 0 Å². The van der Waals surface area contributed by atoms with Crippen molar-refractivity contribution in [3.63, 3.8) is 0 Å². The van der Waals surface area contributed by atoms with E-state index in [0.29, 0.717) is 25.3 Å². The average Bonchev–Trinajstić information content (AvgIpc) is 2.37. The van der Waals surface area contributed by atoms with Crippen molar-refractivity contribution >= 4 is 0 Å². The highest BCUT2D eigenvalue weighted by Gasteiger charge is 2.09. The molecule has 0 atom stereocenters. The van der Waals surface area contributed by atoms with Crippen LogP contribution in [-0.4, -0.2) is 6.54 Å². The van der Waals surface area contributed by atoms with E-state index in [9.17, 15) is 4.39 Å². The summed E-state index contributed by atoms with van der Waals surface area (Å²) in [6.45, 7) is 4.92. The Balaban J connectivity index is 2.18. The Morgan fingerprint density at radius 3 is 2.45 bits per heavy atom. The van der Waals surface area contributed by atoms with Crippen molar-refractivity contribution in [3.05, 3.63) is 64.5 Å². The first-order valence-electron chi connectivity index (χ1n) is 6.77. The third kappa shape index (κ3) is 3.58. The first kappa shape index (κ1) is 14.5. The number of hydrogen-bond donors (Lipinski definition) is 1. The van der Waals surface area contributed by atoms with E-state index < -0.39 is 0 Å². The Morgan fingerprint density at radius 2 is 1.80 bits per heavy atom. The molecule has 0 aromatic heterocycles. The molecule has 0 aliphatic carbocycles. The molecule has 20 heavy (non-hydrogen) atoms. The molecular formula is C17H20FNO. The average molecular weight is 273 g/mol. The van der Waals surface area contributed by atoms with Crippen LogP contribution in [0.4, 0.5) is 4.39 Å². The second kappa shape index (κ2) is 6.53. The third-order valence-corrected chi connectivity index (χ3v) is 3.13. The molecule has 2 rings (SSSR count). The zero-order chi connectivity index (χ0) is 14.5. The van der Waals surface area contributed by atoms with Crippen LogP contribution in [0.2, 0.25) is 0 Å². The SMILES string of the molecule is Cc1cc(C)cc(COc2c(F)cccc2CCN)c1. The highest BCUT2D eigenvalue weighted by molar-refractivity contribution is 5.36. The standard InChI is InChI=1S/C17H20FNO/c1-12-8-13(2)10-14(9-12)11-20-17-15(6-7-19)4-3-5-16(17)18/h3-5,8-10H,6-7,11,19H2,1-2H3. The molecule has 0 heterocycles. The van der Waals surface area contributed by atoms with E-state index >= 15 is 0 Å². The van der Waals surface area contributed by atoms with Gasteiger partial charge in [-0.25, -0.2) is 4.39 Å². The van der Waals surface area contributed by atoms with Gasteiger partial charge in [-0.1, -0.05) is 41.5 Å². The lowest BCUT2D eigenvalue weighted by Gasteiger charge is -2.12.